The maximum absolute atomic E-state index is 14.1. The fourth-order valence-electron chi connectivity index (χ4n) is 6.96. The minimum absolute atomic E-state index is 0.0293. The summed E-state index contributed by atoms with van der Waals surface area (Å²) in [4.78, 5) is 79.4. The van der Waals surface area contributed by atoms with Gasteiger partial charge in [0.2, 0.25) is 17.7 Å². The van der Waals surface area contributed by atoms with Crippen LogP contribution in [0.5, 0.6) is 5.75 Å². The second-order valence-corrected chi connectivity index (χ2v) is 19.0. The Morgan fingerprint density at radius 1 is 0.544 bits per heavy atom. The lowest BCUT2D eigenvalue weighted by Gasteiger charge is -2.36. The smallest absolute Gasteiger partial charge is 0.413 e. The van der Waals surface area contributed by atoms with Gasteiger partial charge in [0.15, 0.2) is 0 Å². The zero-order valence-electron chi connectivity index (χ0n) is 39.1. The molecule has 0 radical (unpaired) electrons. The third-order valence-corrected chi connectivity index (χ3v) is 11.6. The number of thioether (sulfide) groups is 1. The molecule has 0 spiro atoms. The van der Waals surface area contributed by atoms with Gasteiger partial charge in [-0.05, 0) is 94.5 Å². The number of benzene rings is 5. The predicted molar refractivity (Wildman–Crippen MR) is 263 cm³/mol. The van der Waals surface area contributed by atoms with Crippen LogP contribution in [0.1, 0.15) is 70.2 Å². The third kappa shape index (κ3) is 15.9. The van der Waals surface area contributed by atoms with E-state index in [2.05, 4.69) is 26.6 Å². The van der Waals surface area contributed by atoms with Crippen LogP contribution in [0.3, 0.4) is 0 Å². The van der Waals surface area contributed by atoms with Crippen LogP contribution in [0.25, 0.3) is 0 Å². The highest BCUT2D eigenvalue weighted by atomic mass is 32.2. The van der Waals surface area contributed by atoms with Crippen LogP contribution < -0.4 is 37.1 Å². The molecule has 3 atom stereocenters. The summed E-state index contributed by atoms with van der Waals surface area (Å²) in [6, 6.07) is 40.9. The molecule has 358 valence electrons. The Bertz CT molecular complexity index is 2350. The average molecular weight is 945 g/mol. The van der Waals surface area contributed by atoms with Crippen LogP contribution in [0, 0.1) is 0 Å². The van der Waals surface area contributed by atoms with Gasteiger partial charge in [0, 0.05) is 24.4 Å². The maximum Gasteiger partial charge on any atom is 0.413 e. The monoisotopic (exact) mass is 944 g/mol. The number of rotatable bonds is 19. The molecular formula is C52H60N6O9S. The molecule has 16 heteroatoms. The number of hydrogen-bond donors (Lipinski definition) is 6. The second-order valence-electron chi connectivity index (χ2n) is 17.8. The molecule has 0 aromatic heterocycles. The van der Waals surface area contributed by atoms with Crippen molar-refractivity contribution in [2.45, 2.75) is 88.5 Å². The van der Waals surface area contributed by atoms with Gasteiger partial charge in [0.1, 0.15) is 35.1 Å². The van der Waals surface area contributed by atoms with Gasteiger partial charge < -0.3 is 46.5 Å². The van der Waals surface area contributed by atoms with E-state index in [1.54, 1.807) is 77.9 Å². The maximum atomic E-state index is 14.1. The van der Waals surface area contributed by atoms with Crippen LogP contribution in [-0.4, -0.2) is 77.6 Å². The van der Waals surface area contributed by atoms with Gasteiger partial charge in [-0.25, -0.2) is 14.4 Å². The van der Waals surface area contributed by atoms with E-state index in [1.807, 2.05) is 97.1 Å². The molecule has 0 aliphatic heterocycles. The van der Waals surface area contributed by atoms with Crippen molar-refractivity contribution in [1.82, 2.24) is 21.3 Å². The van der Waals surface area contributed by atoms with Crippen LogP contribution in [0.4, 0.5) is 20.1 Å². The Kier molecular flexibility index (Phi) is 18.2. The molecule has 5 rings (SSSR count). The highest BCUT2D eigenvalue weighted by Gasteiger charge is 2.39. The summed E-state index contributed by atoms with van der Waals surface area (Å²) in [5, 5.41) is 13.4. The molecule has 5 aromatic rings. The zero-order chi connectivity index (χ0) is 49.3. The van der Waals surface area contributed by atoms with Crippen molar-refractivity contribution in [2.75, 3.05) is 17.6 Å². The number of nitrogens with one attached hydrogen (secondary N) is 5. The van der Waals surface area contributed by atoms with Crippen molar-refractivity contribution in [3.05, 3.63) is 168 Å². The molecule has 5 aromatic carbocycles. The van der Waals surface area contributed by atoms with E-state index in [1.165, 1.54) is 23.9 Å². The van der Waals surface area contributed by atoms with Gasteiger partial charge in [-0.2, -0.15) is 0 Å². The topological polar surface area (TPSA) is 216 Å². The van der Waals surface area contributed by atoms with Crippen molar-refractivity contribution in [1.29, 1.82) is 0 Å². The molecule has 0 heterocycles. The number of anilines is 1. The quantitative estimate of drug-likeness (QED) is 0.0441. The summed E-state index contributed by atoms with van der Waals surface area (Å²) in [5.41, 5.74) is 8.34. The fraction of sp³-hybridized carbons (Fsp3) is 0.308. The minimum Gasteiger partial charge on any atom is -0.444 e. The molecule has 6 amide bonds. The van der Waals surface area contributed by atoms with Crippen LogP contribution in [0.2, 0.25) is 0 Å². The Morgan fingerprint density at radius 2 is 1.01 bits per heavy atom. The molecular weight excluding hydrogens is 885 g/mol. The van der Waals surface area contributed by atoms with Crippen LogP contribution >= 0.6 is 11.8 Å². The normalized spacial score (nSPS) is 12.8. The Balaban J connectivity index is 1.32. The number of alkyl carbamates (subject to hydrolysis) is 2. The number of ether oxygens (including phenoxy) is 3. The molecule has 7 N–H and O–H groups in total. The minimum atomic E-state index is -1.33. The molecule has 0 unspecified atom stereocenters. The van der Waals surface area contributed by atoms with Gasteiger partial charge >= 0.3 is 18.3 Å². The van der Waals surface area contributed by atoms with Gasteiger partial charge in [-0.1, -0.05) is 121 Å². The van der Waals surface area contributed by atoms with E-state index >= 15 is 0 Å². The van der Waals surface area contributed by atoms with E-state index in [0.717, 1.165) is 16.7 Å². The number of nitrogens with two attached hydrogens (primary N) is 1. The summed E-state index contributed by atoms with van der Waals surface area (Å²) in [6.07, 6.45) is -2.59. The summed E-state index contributed by atoms with van der Waals surface area (Å²) in [5.74, 6) is -1.92. The largest absolute Gasteiger partial charge is 0.444 e. The van der Waals surface area contributed by atoms with E-state index in [-0.39, 0.29) is 30.9 Å². The van der Waals surface area contributed by atoms with Crippen molar-refractivity contribution in [3.63, 3.8) is 0 Å². The summed E-state index contributed by atoms with van der Waals surface area (Å²) < 4.78 is 15.5. The number of amides is 6. The summed E-state index contributed by atoms with van der Waals surface area (Å²) in [7, 11) is 0. The van der Waals surface area contributed by atoms with E-state index in [9.17, 15) is 28.8 Å². The van der Waals surface area contributed by atoms with Crippen molar-refractivity contribution in [2.24, 2.45) is 5.73 Å². The van der Waals surface area contributed by atoms with Gasteiger partial charge in [-0.15, -0.1) is 11.8 Å². The number of carbonyl (C=O) groups excluding carboxylic acids is 6. The van der Waals surface area contributed by atoms with E-state index in [4.69, 9.17) is 19.9 Å². The van der Waals surface area contributed by atoms with Crippen LogP contribution in [-0.2, 0) is 35.0 Å². The first-order chi connectivity index (χ1) is 32.3. The molecule has 0 saturated heterocycles. The molecule has 0 fully saturated rings. The average Bonchev–Trinajstić information content (AvgIpc) is 3.29. The predicted octanol–water partition coefficient (Wildman–Crippen LogP) is 7.83. The van der Waals surface area contributed by atoms with Gasteiger partial charge in [0.05, 0.1) is 4.75 Å². The molecule has 68 heavy (non-hydrogen) atoms. The Hall–Kier alpha value is -7.33. The fourth-order valence-corrected chi connectivity index (χ4v) is 8.54. The standard InChI is InChI=1S/C52H60N6O9S/c1-50(2,3)66-47(62)54-32-31-41(45(60)56-43(44(53)59)34-68-52(36-19-11-7-12-20-36,37-21-13-8-14-22-37)38-23-15-9-16-24-38)57-48(63)65-40-29-27-35(28-30-40)33-42(58-49(64)67-51(4,5)6)46(61)55-39-25-17-10-18-26-39/h7-30,41-43H,31-34H2,1-6H3,(H2,53,59)(H,54,62)(H,55,61)(H,56,60)(H,57,63)(H,58,64)/t41-,42-,43-/m0/s1. The van der Waals surface area contributed by atoms with E-state index in [0.29, 0.717) is 11.3 Å². The number of para-hydroxylation sites is 1. The van der Waals surface area contributed by atoms with Crippen LogP contribution in [0.15, 0.2) is 146 Å². The third-order valence-electron chi connectivity index (χ3n) is 10.00. The summed E-state index contributed by atoms with van der Waals surface area (Å²) in [6.45, 7) is 10.2. The van der Waals surface area contributed by atoms with Crippen molar-refractivity contribution in [3.8, 4) is 5.75 Å². The molecule has 0 bridgehead atoms. The summed E-state index contributed by atoms with van der Waals surface area (Å²) >= 11 is 1.42. The zero-order valence-corrected chi connectivity index (χ0v) is 39.9. The lowest BCUT2D eigenvalue weighted by atomic mass is 9.84. The lowest BCUT2D eigenvalue weighted by Crippen LogP contribution is -2.55. The Morgan fingerprint density at radius 3 is 1.50 bits per heavy atom. The molecule has 0 aliphatic rings. The number of hydrogen-bond acceptors (Lipinski definition) is 10. The highest BCUT2D eigenvalue weighted by Crippen LogP contribution is 2.48. The highest BCUT2D eigenvalue weighted by molar-refractivity contribution is 8.00. The van der Waals surface area contributed by atoms with Crippen molar-refractivity contribution >= 4 is 53.5 Å². The second kappa shape index (κ2) is 23.9. The number of carbonyl (C=O) groups is 6. The lowest BCUT2D eigenvalue weighted by molar-refractivity contribution is -0.128. The molecule has 15 nitrogen and oxygen atoms in total. The van der Waals surface area contributed by atoms with Gasteiger partial charge in [-0.3, -0.25) is 14.4 Å². The van der Waals surface area contributed by atoms with E-state index < -0.39 is 70.1 Å². The first-order valence-corrected chi connectivity index (χ1v) is 23.1. The first-order valence-electron chi connectivity index (χ1n) is 22.1. The molecule has 0 aliphatic carbocycles. The molecule has 0 saturated carbocycles. The van der Waals surface area contributed by atoms with Crippen molar-refractivity contribution < 1.29 is 43.0 Å². The Labute approximate surface area is 401 Å². The first kappa shape index (κ1) is 51.7. The van der Waals surface area contributed by atoms with Gasteiger partial charge in [0.25, 0.3) is 0 Å². The number of primary amides is 1. The SMILES string of the molecule is CC(C)(C)OC(=O)NCC[C@H](NC(=O)Oc1ccc(C[C@H](NC(=O)OC(C)(C)C)C(=O)Nc2ccccc2)cc1)C(=O)N[C@@H](CSC(c1ccccc1)(c1ccccc1)c1ccccc1)C(N)=O.